The van der Waals surface area contributed by atoms with E-state index < -0.39 is 5.41 Å². The van der Waals surface area contributed by atoms with Crippen molar-refractivity contribution in [2.24, 2.45) is 0 Å². The highest BCUT2D eigenvalue weighted by atomic mass is 16.3. The van der Waals surface area contributed by atoms with Crippen LogP contribution in [0.25, 0.3) is 110 Å². The number of hydrogen-bond acceptors (Lipinski definition) is 2. The van der Waals surface area contributed by atoms with Crippen molar-refractivity contribution in [1.29, 1.82) is 0 Å². The number of rotatable bonds is 6. The Morgan fingerprint density at radius 1 is 0.253 bits per heavy atom. The van der Waals surface area contributed by atoms with Crippen LogP contribution in [0.5, 0.6) is 0 Å². The van der Waals surface area contributed by atoms with Crippen LogP contribution in [-0.2, 0) is 5.41 Å². The third-order valence-electron chi connectivity index (χ3n) is 16.5. The number of anilines is 3. The van der Waals surface area contributed by atoms with Gasteiger partial charge in [0.25, 0.3) is 0 Å². The summed E-state index contributed by atoms with van der Waals surface area (Å²) in [6.07, 6.45) is 0. The number of para-hydroxylation sites is 2. The fourth-order valence-corrected chi connectivity index (χ4v) is 13.3. The summed E-state index contributed by atoms with van der Waals surface area (Å²) in [5, 5.41) is 9.61. The third kappa shape index (κ3) is 5.97. The molecule has 0 bridgehead atoms. The minimum Gasteiger partial charge on any atom is -0.455 e. The summed E-state index contributed by atoms with van der Waals surface area (Å²) < 4.78 is 7.05. The van der Waals surface area contributed by atoms with Crippen molar-refractivity contribution < 1.29 is 4.42 Å². The van der Waals surface area contributed by atoms with Gasteiger partial charge >= 0.3 is 0 Å². The van der Waals surface area contributed by atoms with Crippen LogP contribution in [0.1, 0.15) is 22.3 Å². The highest BCUT2D eigenvalue weighted by Crippen LogP contribution is 2.64. The van der Waals surface area contributed by atoms with Crippen molar-refractivity contribution >= 4 is 71.3 Å². The Bertz CT molecular complexity index is 4580. The number of nitrogens with zero attached hydrogens (tertiary/aromatic N) is 1. The molecule has 2 heteroatoms. The summed E-state index contributed by atoms with van der Waals surface area (Å²) >= 11 is 0. The standard InChI is InChI=1S/C73H45NO/c1-3-20-46(21-4-1)48-38-41-69(61(42-48)47-22-5-2-6-23-47)74(49-39-40-54-52-26-8-7-24-50(52)51-25-9-10-27-53(51)62(54)43-49)70-45-68-63(44-64(70)60-33-19-32-59-58-31-14-18-37-71(58)75-72(59)60)57-30-13-17-36-67(57)73(68)65-34-15-11-28-55(65)56-29-12-16-35-66(56)73/h1-45H. The number of benzene rings is 13. The van der Waals surface area contributed by atoms with Gasteiger partial charge in [-0.25, -0.2) is 0 Å². The Morgan fingerprint density at radius 2 is 0.760 bits per heavy atom. The molecule has 348 valence electrons. The van der Waals surface area contributed by atoms with Gasteiger partial charge in [-0.15, -0.1) is 0 Å². The molecular weight excluding hydrogens is 907 g/mol. The Kier molecular flexibility index (Phi) is 8.99. The third-order valence-corrected chi connectivity index (χ3v) is 16.5. The molecule has 14 aromatic rings. The van der Waals surface area contributed by atoms with E-state index in [2.05, 4.69) is 278 Å². The summed E-state index contributed by atoms with van der Waals surface area (Å²) in [7, 11) is 0. The number of hydrogen-bond donors (Lipinski definition) is 0. The maximum Gasteiger partial charge on any atom is 0.143 e. The summed E-state index contributed by atoms with van der Waals surface area (Å²) in [5.74, 6) is 0. The Balaban J connectivity index is 1.08. The lowest BCUT2D eigenvalue weighted by molar-refractivity contribution is 0.670. The van der Waals surface area contributed by atoms with Gasteiger partial charge in [0.1, 0.15) is 11.2 Å². The van der Waals surface area contributed by atoms with Crippen molar-refractivity contribution in [2.75, 3.05) is 4.90 Å². The molecule has 0 aliphatic heterocycles. The van der Waals surface area contributed by atoms with Gasteiger partial charge in [0.2, 0.25) is 0 Å². The van der Waals surface area contributed by atoms with E-state index in [-0.39, 0.29) is 0 Å². The largest absolute Gasteiger partial charge is 0.455 e. The Hall–Kier alpha value is -9.76. The van der Waals surface area contributed by atoms with Crippen LogP contribution in [0.15, 0.2) is 277 Å². The molecule has 0 amide bonds. The second-order valence-electron chi connectivity index (χ2n) is 20.2. The lowest BCUT2D eigenvalue weighted by Crippen LogP contribution is -2.26. The molecule has 1 spiro atoms. The van der Waals surface area contributed by atoms with Gasteiger partial charge in [-0.3, -0.25) is 0 Å². The van der Waals surface area contributed by atoms with Crippen LogP contribution >= 0.6 is 0 Å². The molecule has 2 nitrogen and oxygen atoms in total. The molecule has 13 aromatic carbocycles. The molecule has 0 atom stereocenters. The minimum atomic E-state index is -0.582. The van der Waals surface area contributed by atoms with Crippen LogP contribution in [0.4, 0.5) is 17.1 Å². The van der Waals surface area contributed by atoms with Crippen LogP contribution in [0, 0.1) is 0 Å². The summed E-state index contributed by atoms with van der Waals surface area (Å²) in [4.78, 5) is 2.57. The summed E-state index contributed by atoms with van der Waals surface area (Å²) in [5.41, 5.74) is 21.3. The van der Waals surface area contributed by atoms with Crippen LogP contribution < -0.4 is 4.90 Å². The molecule has 1 heterocycles. The summed E-state index contributed by atoms with van der Waals surface area (Å²) in [6.45, 7) is 0. The van der Waals surface area contributed by atoms with E-state index in [1.165, 1.54) is 82.4 Å². The van der Waals surface area contributed by atoms with Gasteiger partial charge in [0.05, 0.1) is 16.8 Å². The molecule has 0 N–H and O–H groups in total. The first-order valence-electron chi connectivity index (χ1n) is 26.0. The maximum atomic E-state index is 7.05. The molecule has 0 unspecified atom stereocenters. The normalized spacial score (nSPS) is 12.9. The van der Waals surface area contributed by atoms with E-state index in [0.29, 0.717) is 0 Å². The number of furan rings is 1. The molecule has 75 heavy (non-hydrogen) atoms. The van der Waals surface area contributed by atoms with Gasteiger partial charge in [0, 0.05) is 33.2 Å². The van der Waals surface area contributed by atoms with Crippen molar-refractivity contribution in [3.8, 4) is 55.6 Å². The smallest absolute Gasteiger partial charge is 0.143 e. The van der Waals surface area contributed by atoms with Crippen LogP contribution in [-0.4, -0.2) is 0 Å². The maximum absolute atomic E-state index is 7.05. The van der Waals surface area contributed by atoms with E-state index in [4.69, 9.17) is 4.42 Å². The van der Waals surface area contributed by atoms with Gasteiger partial charge < -0.3 is 9.32 Å². The van der Waals surface area contributed by atoms with E-state index in [1.807, 2.05) is 0 Å². The number of fused-ring (bicyclic) bond motifs is 19. The predicted molar refractivity (Wildman–Crippen MR) is 314 cm³/mol. The van der Waals surface area contributed by atoms with Crippen molar-refractivity contribution in [1.82, 2.24) is 0 Å². The van der Waals surface area contributed by atoms with E-state index in [9.17, 15) is 0 Å². The van der Waals surface area contributed by atoms with E-state index in [1.54, 1.807) is 0 Å². The lowest BCUT2D eigenvalue weighted by atomic mass is 9.70. The van der Waals surface area contributed by atoms with Crippen molar-refractivity contribution in [2.45, 2.75) is 5.41 Å². The molecule has 0 saturated heterocycles. The SMILES string of the molecule is c1ccc(-c2ccc(N(c3ccc4c5ccccc5c5ccccc5c4c3)c3cc4c(cc3-c3cccc5c3oc3ccccc35)-c3ccccc3C43c4ccccc4-c4ccccc43)c(-c3ccccc3)c2)cc1. The molecule has 16 rings (SSSR count). The van der Waals surface area contributed by atoms with E-state index >= 15 is 0 Å². The van der Waals surface area contributed by atoms with Crippen molar-refractivity contribution in [3.05, 3.63) is 295 Å². The average molecular weight is 952 g/mol. The van der Waals surface area contributed by atoms with Crippen LogP contribution in [0.3, 0.4) is 0 Å². The average Bonchev–Trinajstić information content (AvgIpc) is 4.12. The van der Waals surface area contributed by atoms with Crippen molar-refractivity contribution in [3.63, 3.8) is 0 Å². The van der Waals surface area contributed by atoms with E-state index in [0.717, 1.165) is 66.8 Å². The highest BCUT2D eigenvalue weighted by Gasteiger charge is 2.52. The second-order valence-corrected chi connectivity index (χ2v) is 20.2. The zero-order valence-electron chi connectivity index (χ0n) is 40.8. The topological polar surface area (TPSA) is 16.4 Å². The van der Waals surface area contributed by atoms with Gasteiger partial charge in [0.15, 0.2) is 0 Å². The molecule has 0 radical (unpaired) electrons. The molecular formula is C73H45NO. The zero-order chi connectivity index (χ0) is 49.2. The molecule has 2 aliphatic carbocycles. The predicted octanol–water partition coefficient (Wildman–Crippen LogP) is 19.9. The fraction of sp³-hybridized carbons (Fsp3) is 0.0137. The van der Waals surface area contributed by atoms with Gasteiger partial charge in [-0.05, 0) is 136 Å². The molecule has 2 aliphatic rings. The molecule has 0 saturated carbocycles. The first-order chi connectivity index (χ1) is 37.2. The first-order valence-corrected chi connectivity index (χ1v) is 26.0. The molecule has 0 fully saturated rings. The lowest BCUT2D eigenvalue weighted by Gasteiger charge is -2.34. The Labute approximate surface area is 434 Å². The Morgan fingerprint density at radius 3 is 1.41 bits per heavy atom. The monoisotopic (exact) mass is 951 g/mol. The first kappa shape index (κ1) is 41.8. The van der Waals surface area contributed by atoms with Gasteiger partial charge in [-0.1, -0.05) is 231 Å². The minimum absolute atomic E-state index is 0.582. The quantitative estimate of drug-likeness (QED) is 0.154. The fourth-order valence-electron chi connectivity index (χ4n) is 13.3. The molecule has 1 aromatic heterocycles. The summed E-state index contributed by atoms with van der Waals surface area (Å²) in [6, 6.07) is 101. The highest BCUT2D eigenvalue weighted by molar-refractivity contribution is 6.26. The van der Waals surface area contributed by atoms with Crippen LogP contribution in [0.2, 0.25) is 0 Å². The zero-order valence-corrected chi connectivity index (χ0v) is 40.8. The second kappa shape index (κ2) is 16.1. The van der Waals surface area contributed by atoms with Gasteiger partial charge in [-0.2, -0.15) is 0 Å².